The number of hydrogen-bond donors (Lipinski definition) is 1. The van der Waals surface area contributed by atoms with Crippen molar-refractivity contribution >= 4 is 7.82 Å². The Morgan fingerprint density at radius 3 is 2.53 bits per heavy atom. The highest BCUT2D eigenvalue weighted by Gasteiger charge is 2.59. The number of phosphoric ester groups is 1. The number of fused-ring (bicyclic) bond motifs is 5. The zero-order valence-corrected chi connectivity index (χ0v) is 26.5. The molecule has 3 saturated carbocycles. The van der Waals surface area contributed by atoms with Crippen LogP contribution < -0.4 is 0 Å². The molecule has 220 valence electrons. The van der Waals surface area contributed by atoms with Gasteiger partial charge >= 0.3 is 7.82 Å². The van der Waals surface area contributed by atoms with Crippen molar-refractivity contribution in [3.63, 3.8) is 0 Å². The van der Waals surface area contributed by atoms with Gasteiger partial charge in [-0.3, -0.25) is 9.05 Å². The lowest BCUT2D eigenvalue weighted by Crippen LogP contribution is -2.51. The Bertz CT molecular complexity index is 874. The third kappa shape index (κ3) is 6.64. The molecule has 0 spiro atoms. The van der Waals surface area contributed by atoms with Crippen LogP contribution in [0.3, 0.4) is 0 Å². The molecule has 0 amide bonds. The number of hydrogen-bond acceptors (Lipinski definition) is 4. The molecule has 3 fully saturated rings. The molecule has 0 radical (unpaired) electrons. The standard InChI is InChI=1S/C32H58NO4P/c1-23(2)10-8-11-24(3)28-14-15-29-27-13-12-25-22-26(37-38(34,35)36-21-9-20-33(6)7)16-18-31(25,4)30(27)17-19-32(28,29)5/h12,23-24,26-30H,8-11,13-22H2,1-7H3,(H,34,35)/t24-,26+,27+,28-,29+,30+,31+,32-/m1/s1. The maximum atomic E-state index is 12.6. The van der Waals surface area contributed by atoms with E-state index >= 15 is 0 Å². The van der Waals surface area contributed by atoms with Crippen LogP contribution in [0.5, 0.6) is 0 Å². The van der Waals surface area contributed by atoms with E-state index in [1.807, 2.05) is 19.0 Å². The Morgan fingerprint density at radius 1 is 1.05 bits per heavy atom. The van der Waals surface area contributed by atoms with Gasteiger partial charge in [0.25, 0.3) is 0 Å². The summed E-state index contributed by atoms with van der Waals surface area (Å²) >= 11 is 0. The van der Waals surface area contributed by atoms with Gasteiger partial charge in [0, 0.05) is 0 Å². The minimum Gasteiger partial charge on any atom is -0.309 e. The Hall–Kier alpha value is -0.190. The molecule has 9 atom stereocenters. The van der Waals surface area contributed by atoms with Gasteiger partial charge in [0.15, 0.2) is 0 Å². The van der Waals surface area contributed by atoms with Gasteiger partial charge in [-0.1, -0.05) is 65.5 Å². The maximum Gasteiger partial charge on any atom is 0.472 e. The van der Waals surface area contributed by atoms with Crippen molar-refractivity contribution in [1.82, 2.24) is 4.90 Å². The minimum atomic E-state index is -4.02. The van der Waals surface area contributed by atoms with Crippen molar-refractivity contribution < 1.29 is 18.5 Å². The van der Waals surface area contributed by atoms with Crippen molar-refractivity contribution in [2.75, 3.05) is 27.2 Å². The van der Waals surface area contributed by atoms with Crippen molar-refractivity contribution in [3.8, 4) is 0 Å². The molecule has 6 heteroatoms. The Morgan fingerprint density at radius 2 is 1.82 bits per heavy atom. The van der Waals surface area contributed by atoms with Gasteiger partial charge in [-0.15, -0.1) is 0 Å². The molecule has 0 heterocycles. The third-order valence-electron chi connectivity index (χ3n) is 11.5. The predicted octanol–water partition coefficient (Wildman–Crippen LogP) is 8.48. The van der Waals surface area contributed by atoms with Gasteiger partial charge < -0.3 is 9.79 Å². The second kappa shape index (κ2) is 12.4. The first-order valence-corrected chi connectivity index (χ1v) is 17.3. The van der Waals surface area contributed by atoms with E-state index in [-0.39, 0.29) is 18.1 Å². The third-order valence-corrected chi connectivity index (χ3v) is 12.6. The van der Waals surface area contributed by atoms with Gasteiger partial charge in [-0.25, -0.2) is 4.57 Å². The van der Waals surface area contributed by atoms with Gasteiger partial charge in [0.1, 0.15) is 0 Å². The SMILES string of the molecule is CC(C)CCC[C@@H](C)[C@H]1CC[C@H]2[C@@H]3CC=C4C[C@@H](OP(=O)(O)OCCCN(C)C)CC[C@]4(C)[C@H]3CC[C@]12C. The molecule has 38 heavy (non-hydrogen) atoms. The second-order valence-electron chi connectivity index (χ2n) is 14.7. The zero-order valence-electron chi connectivity index (χ0n) is 25.6. The highest BCUT2D eigenvalue weighted by molar-refractivity contribution is 7.47. The van der Waals surface area contributed by atoms with E-state index in [1.165, 1.54) is 56.9 Å². The molecule has 0 aliphatic heterocycles. The first-order chi connectivity index (χ1) is 17.9. The highest BCUT2D eigenvalue weighted by Crippen LogP contribution is 2.67. The summed E-state index contributed by atoms with van der Waals surface area (Å²) in [7, 11) is -0.0391. The smallest absolute Gasteiger partial charge is 0.309 e. The number of phosphoric acid groups is 1. The fourth-order valence-electron chi connectivity index (χ4n) is 9.52. The fraction of sp³-hybridized carbons (Fsp3) is 0.938. The van der Waals surface area contributed by atoms with Crippen LogP contribution in [0.25, 0.3) is 0 Å². The summed E-state index contributed by atoms with van der Waals surface area (Å²) in [6.45, 7) is 13.5. The summed E-state index contributed by atoms with van der Waals surface area (Å²) in [6, 6.07) is 0. The molecule has 0 aromatic carbocycles. The molecule has 0 aromatic rings. The van der Waals surface area contributed by atoms with Crippen molar-refractivity contribution in [3.05, 3.63) is 11.6 Å². The summed E-state index contributed by atoms with van der Waals surface area (Å²) in [5.74, 6) is 4.96. The predicted molar refractivity (Wildman–Crippen MR) is 157 cm³/mol. The van der Waals surface area contributed by atoms with Gasteiger partial charge in [-0.2, -0.15) is 0 Å². The quantitative estimate of drug-likeness (QED) is 0.150. The lowest BCUT2D eigenvalue weighted by Gasteiger charge is -2.58. The van der Waals surface area contributed by atoms with E-state index in [4.69, 9.17) is 9.05 Å². The number of allylic oxidation sites excluding steroid dienone is 1. The van der Waals surface area contributed by atoms with Crippen molar-refractivity contribution in [1.29, 1.82) is 0 Å². The average molecular weight is 552 g/mol. The monoisotopic (exact) mass is 551 g/mol. The first kappa shape index (κ1) is 30.8. The van der Waals surface area contributed by atoms with Crippen molar-refractivity contribution in [2.24, 2.45) is 46.3 Å². The van der Waals surface area contributed by atoms with Crippen LogP contribution in [0.4, 0.5) is 0 Å². The molecule has 4 aliphatic carbocycles. The van der Waals surface area contributed by atoms with E-state index in [9.17, 15) is 9.46 Å². The first-order valence-electron chi connectivity index (χ1n) is 15.9. The molecular weight excluding hydrogens is 493 g/mol. The Labute approximate surface area is 234 Å². The summed E-state index contributed by atoms with van der Waals surface area (Å²) < 4.78 is 23.6. The van der Waals surface area contributed by atoms with E-state index < -0.39 is 7.82 Å². The molecule has 0 saturated heterocycles. The summed E-state index contributed by atoms with van der Waals surface area (Å²) in [6.07, 6.45) is 16.6. The lowest BCUT2D eigenvalue weighted by molar-refractivity contribution is -0.0574. The van der Waals surface area contributed by atoms with Crippen LogP contribution in [-0.4, -0.2) is 43.1 Å². The molecule has 1 N–H and O–H groups in total. The van der Waals surface area contributed by atoms with Crippen LogP contribution in [0, 0.1) is 46.3 Å². The fourth-order valence-corrected chi connectivity index (χ4v) is 10.5. The van der Waals surface area contributed by atoms with Crippen LogP contribution in [0.2, 0.25) is 0 Å². The van der Waals surface area contributed by atoms with Gasteiger partial charge in [0.2, 0.25) is 0 Å². The molecular formula is C32H58NO4P. The Kier molecular flexibility index (Phi) is 10.0. The highest BCUT2D eigenvalue weighted by atomic mass is 31.2. The van der Waals surface area contributed by atoms with Crippen LogP contribution in [0.1, 0.15) is 112 Å². The normalized spacial score (nSPS) is 39.3. The minimum absolute atomic E-state index is 0.216. The molecule has 1 unspecified atom stereocenters. The second-order valence-corrected chi connectivity index (χ2v) is 16.1. The maximum absolute atomic E-state index is 12.6. The number of nitrogens with zero attached hydrogens (tertiary/aromatic N) is 1. The summed E-state index contributed by atoms with van der Waals surface area (Å²) in [5, 5.41) is 0. The van der Waals surface area contributed by atoms with Crippen LogP contribution in [-0.2, 0) is 13.6 Å². The van der Waals surface area contributed by atoms with E-state index in [1.54, 1.807) is 0 Å². The topological polar surface area (TPSA) is 59.0 Å². The van der Waals surface area contributed by atoms with E-state index in [2.05, 4.69) is 40.7 Å². The Balaban J connectivity index is 1.37. The lowest BCUT2D eigenvalue weighted by atomic mass is 9.47. The molecule has 0 bridgehead atoms. The van der Waals surface area contributed by atoms with Crippen molar-refractivity contribution in [2.45, 2.75) is 118 Å². The van der Waals surface area contributed by atoms with Gasteiger partial charge in [0.05, 0.1) is 12.7 Å². The van der Waals surface area contributed by atoms with E-state index in [0.717, 1.165) is 67.7 Å². The summed E-state index contributed by atoms with van der Waals surface area (Å²) in [4.78, 5) is 12.4. The molecule has 5 nitrogen and oxygen atoms in total. The van der Waals surface area contributed by atoms with Crippen LogP contribution in [0.15, 0.2) is 11.6 Å². The molecule has 4 aliphatic rings. The van der Waals surface area contributed by atoms with E-state index in [0.29, 0.717) is 5.41 Å². The largest absolute Gasteiger partial charge is 0.472 e. The molecule has 0 aromatic heterocycles. The summed E-state index contributed by atoms with van der Waals surface area (Å²) in [5.41, 5.74) is 2.22. The zero-order chi connectivity index (χ0) is 27.7. The average Bonchev–Trinajstić information content (AvgIpc) is 3.19. The number of rotatable bonds is 12. The van der Waals surface area contributed by atoms with Gasteiger partial charge in [-0.05, 0) is 125 Å². The molecule has 4 rings (SSSR count). The van der Waals surface area contributed by atoms with Crippen LogP contribution >= 0.6 is 7.82 Å².